The molecule has 2 fully saturated rings. The van der Waals surface area contributed by atoms with Gasteiger partial charge in [-0.05, 0) is 25.9 Å². The molecule has 2 aliphatic rings. The van der Waals surface area contributed by atoms with E-state index in [-0.39, 0.29) is 35.4 Å². The van der Waals surface area contributed by atoms with Crippen molar-refractivity contribution in [3.63, 3.8) is 0 Å². The fourth-order valence-electron chi connectivity index (χ4n) is 2.82. The van der Waals surface area contributed by atoms with E-state index in [9.17, 15) is 13.2 Å². The maximum Gasteiger partial charge on any atom is 0.235 e. The van der Waals surface area contributed by atoms with Crippen molar-refractivity contribution in [2.45, 2.75) is 31.3 Å². The lowest BCUT2D eigenvalue weighted by molar-refractivity contribution is -0.119. The van der Waals surface area contributed by atoms with Gasteiger partial charge in [0, 0.05) is 6.04 Å². The lowest BCUT2D eigenvalue weighted by Gasteiger charge is -2.34. The molecule has 104 valence electrons. The molecule has 2 aliphatic heterocycles. The molecule has 2 saturated heterocycles. The van der Waals surface area contributed by atoms with Gasteiger partial charge in [-0.3, -0.25) is 9.69 Å². The number of carbonyl (C=O) groups excluding carboxylic acids is 1. The van der Waals surface area contributed by atoms with E-state index in [1.165, 1.54) is 6.42 Å². The molecule has 0 aromatic heterocycles. The number of piperidine rings is 1. The number of nitrogens with one attached hydrogen (secondary N) is 1. The van der Waals surface area contributed by atoms with Gasteiger partial charge in [-0.1, -0.05) is 6.42 Å². The SMILES string of the molecule is O=C(CCl)N[C@H]1CS(=O)(=O)C[C@H]1N1CCCCC1. The van der Waals surface area contributed by atoms with Crippen LogP contribution in [0.1, 0.15) is 19.3 Å². The summed E-state index contributed by atoms with van der Waals surface area (Å²) in [5, 5.41) is 2.74. The summed E-state index contributed by atoms with van der Waals surface area (Å²) >= 11 is 5.46. The monoisotopic (exact) mass is 294 g/mol. The molecule has 5 nitrogen and oxygen atoms in total. The Kier molecular flexibility index (Phi) is 4.50. The lowest BCUT2D eigenvalue weighted by Crippen LogP contribution is -2.52. The van der Waals surface area contributed by atoms with Crippen LogP contribution < -0.4 is 5.32 Å². The number of hydrogen-bond acceptors (Lipinski definition) is 4. The summed E-state index contributed by atoms with van der Waals surface area (Å²) < 4.78 is 23.5. The maximum atomic E-state index is 11.8. The molecule has 0 aromatic carbocycles. The van der Waals surface area contributed by atoms with E-state index in [0.717, 1.165) is 25.9 Å². The van der Waals surface area contributed by atoms with Gasteiger partial charge >= 0.3 is 0 Å². The summed E-state index contributed by atoms with van der Waals surface area (Å²) in [5.74, 6) is -0.221. The number of halogens is 1. The number of amides is 1. The van der Waals surface area contributed by atoms with Crippen LogP contribution in [0.15, 0.2) is 0 Å². The van der Waals surface area contributed by atoms with Crippen molar-refractivity contribution in [1.82, 2.24) is 10.2 Å². The quantitative estimate of drug-likeness (QED) is 0.744. The molecule has 1 N–H and O–H groups in total. The third kappa shape index (κ3) is 3.36. The number of alkyl halides is 1. The van der Waals surface area contributed by atoms with Gasteiger partial charge in [-0.25, -0.2) is 8.42 Å². The van der Waals surface area contributed by atoms with Gasteiger partial charge in [0.05, 0.1) is 17.5 Å². The zero-order valence-electron chi connectivity index (χ0n) is 10.3. The lowest BCUT2D eigenvalue weighted by atomic mass is 10.1. The molecule has 0 saturated carbocycles. The van der Waals surface area contributed by atoms with Crippen LogP contribution in [0.5, 0.6) is 0 Å². The fraction of sp³-hybridized carbons (Fsp3) is 0.909. The van der Waals surface area contributed by atoms with Crippen LogP contribution in [0.25, 0.3) is 0 Å². The normalized spacial score (nSPS) is 32.3. The predicted octanol–water partition coefficient (Wildman–Crippen LogP) is -0.00710. The Morgan fingerprint density at radius 1 is 1.22 bits per heavy atom. The van der Waals surface area contributed by atoms with Crippen molar-refractivity contribution in [3.05, 3.63) is 0 Å². The Morgan fingerprint density at radius 2 is 1.89 bits per heavy atom. The van der Waals surface area contributed by atoms with Crippen LogP contribution in [0.3, 0.4) is 0 Å². The average Bonchev–Trinajstić information content (AvgIpc) is 2.65. The topological polar surface area (TPSA) is 66.5 Å². The standard InChI is InChI=1S/C11H19ClN2O3S/c12-6-11(15)13-9-7-18(16,17)8-10(9)14-4-2-1-3-5-14/h9-10H,1-8H2,(H,13,15)/t9-,10+/m0/s1. The van der Waals surface area contributed by atoms with Crippen molar-refractivity contribution >= 4 is 27.3 Å². The van der Waals surface area contributed by atoms with E-state index in [0.29, 0.717) is 0 Å². The van der Waals surface area contributed by atoms with Gasteiger partial charge in [0.25, 0.3) is 0 Å². The zero-order chi connectivity index (χ0) is 13.2. The summed E-state index contributed by atoms with van der Waals surface area (Å²) in [5.41, 5.74) is 0. The van der Waals surface area contributed by atoms with Crippen LogP contribution in [0.4, 0.5) is 0 Å². The highest BCUT2D eigenvalue weighted by molar-refractivity contribution is 7.91. The number of nitrogens with zero attached hydrogens (tertiary/aromatic N) is 1. The first-order valence-electron chi connectivity index (χ1n) is 6.31. The second kappa shape index (κ2) is 5.75. The van der Waals surface area contributed by atoms with Crippen molar-refractivity contribution in [2.24, 2.45) is 0 Å². The molecule has 0 aliphatic carbocycles. The molecule has 2 atom stereocenters. The Hall–Kier alpha value is -0.330. The minimum atomic E-state index is -3.05. The number of likely N-dealkylation sites (tertiary alicyclic amines) is 1. The first-order valence-corrected chi connectivity index (χ1v) is 8.67. The molecule has 2 heterocycles. The molecule has 0 unspecified atom stereocenters. The van der Waals surface area contributed by atoms with Crippen molar-refractivity contribution < 1.29 is 13.2 Å². The molecule has 0 spiro atoms. The smallest absolute Gasteiger partial charge is 0.235 e. The second-order valence-electron chi connectivity index (χ2n) is 5.05. The third-order valence-corrected chi connectivity index (χ3v) is 5.61. The van der Waals surface area contributed by atoms with Crippen LogP contribution in [0.2, 0.25) is 0 Å². The zero-order valence-corrected chi connectivity index (χ0v) is 11.8. The van der Waals surface area contributed by atoms with E-state index in [2.05, 4.69) is 10.2 Å². The minimum absolute atomic E-state index is 0.0385. The highest BCUT2D eigenvalue weighted by Crippen LogP contribution is 2.22. The second-order valence-corrected chi connectivity index (χ2v) is 7.47. The first-order chi connectivity index (χ1) is 8.52. The molecule has 18 heavy (non-hydrogen) atoms. The van der Waals surface area contributed by atoms with Crippen LogP contribution in [-0.2, 0) is 14.6 Å². The van der Waals surface area contributed by atoms with E-state index >= 15 is 0 Å². The maximum absolute atomic E-state index is 11.8. The predicted molar refractivity (Wildman–Crippen MR) is 70.5 cm³/mol. The van der Waals surface area contributed by atoms with Crippen molar-refractivity contribution in [3.8, 4) is 0 Å². The van der Waals surface area contributed by atoms with Gasteiger partial charge in [0.15, 0.2) is 9.84 Å². The van der Waals surface area contributed by atoms with Gasteiger partial charge in [0.1, 0.15) is 5.88 Å². The van der Waals surface area contributed by atoms with Gasteiger partial charge in [-0.2, -0.15) is 0 Å². The van der Waals surface area contributed by atoms with E-state index in [4.69, 9.17) is 11.6 Å². The molecular formula is C11H19ClN2O3S. The fourth-order valence-corrected chi connectivity index (χ4v) is 4.85. The Bertz CT molecular complexity index is 407. The van der Waals surface area contributed by atoms with Crippen molar-refractivity contribution in [2.75, 3.05) is 30.5 Å². The highest BCUT2D eigenvalue weighted by atomic mass is 35.5. The van der Waals surface area contributed by atoms with Gasteiger partial charge in [-0.15, -0.1) is 11.6 Å². The minimum Gasteiger partial charge on any atom is -0.350 e. The third-order valence-electron chi connectivity index (χ3n) is 3.65. The van der Waals surface area contributed by atoms with E-state index in [1.54, 1.807) is 0 Å². The summed E-state index contributed by atoms with van der Waals surface area (Å²) in [7, 11) is -3.05. The molecular weight excluding hydrogens is 276 g/mol. The number of rotatable bonds is 3. The molecule has 0 radical (unpaired) electrons. The molecule has 2 rings (SSSR count). The summed E-state index contributed by atoms with van der Waals surface area (Å²) in [6, 6.07) is -0.387. The Morgan fingerprint density at radius 3 is 2.50 bits per heavy atom. The van der Waals surface area contributed by atoms with Gasteiger partial charge < -0.3 is 5.32 Å². The largest absolute Gasteiger partial charge is 0.350 e. The number of hydrogen-bond donors (Lipinski definition) is 1. The summed E-state index contributed by atoms with van der Waals surface area (Å²) in [6.07, 6.45) is 3.41. The van der Waals surface area contributed by atoms with E-state index in [1.807, 2.05) is 0 Å². The average molecular weight is 295 g/mol. The Labute approximate surface area is 113 Å². The van der Waals surface area contributed by atoms with Crippen molar-refractivity contribution in [1.29, 1.82) is 0 Å². The Balaban J connectivity index is 2.07. The van der Waals surface area contributed by atoms with Gasteiger partial charge in [0.2, 0.25) is 5.91 Å². The van der Waals surface area contributed by atoms with Crippen LogP contribution in [-0.4, -0.2) is 61.8 Å². The molecule has 7 heteroatoms. The molecule has 1 amide bonds. The van der Waals surface area contributed by atoms with Crippen LogP contribution >= 0.6 is 11.6 Å². The summed E-state index contributed by atoms with van der Waals surface area (Å²) in [6.45, 7) is 1.85. The number of carbonyl (C=O) groups is 1. The highest BCUT2D eigenvalue weighted by Gasteiger charge is 2.41. The molecule has 0 bridgehead atoms. The number of sulfone groups is 1. The van der Waals surface area contributed by atoms with E-state index < -0.39 is 9.84 Å². The van der Waals surface area contributed by atoms with Crippen LogP contribution in [0, 0.1) is 0 Å². The molecule has 0 aromatic rings. The summed E-state index contributed by atoms with van der Waals surface area (Å²) in [4.78, 5) is 13.6. The first kappa shape index (κ1) is 14.1.